The Bertz CT molecular complexity index is 804. The topological polar surface area (TPSA) is 79.9 Å². The molecule has 0 unspecified atom stereocenters. The van der Waals surface area contributed by atoms with Gasteiger partial charge < -0.3 is 14.6 Å². The minimum Gasteiger partial charge on any atom is -0.490 e. The van der Waals surface area contributed by atoms with Crippen LogP contribution in [0.5, 0.6) is 5.75 Å². The van der Waals surface area contributed by atoms with Crippen molar-refractivity contribution in [2.45, 2.75) is 37.8 Å². The molecule has 6 nitrogen and oxygen atoms in total. The molecule has 2 aromatic rings. The fraction of sp³-hybridized carbons (Fsp3) is 0.389. The van der Waals surface area contributed by atoms with Crippen LogP contribution >= 0.6 is 11.6 Å². The first kappa shape index (κ1) is 17.3. The summed E-state index contributed by atoms with van der Waals surface area (Å²) in [5.74, 6) is 0.536. The summed E-state index contributed by atoms with van der Waals surface area (Å²) in [6, 6.07) is 7.27. The van der Waals surface area contributed by atoms with E-state index < -0.39 is 0 Å². The first-order chi connectivity index (χ1) is 12.0. The van der Waals surface area contributed by atoms with Crippen LogP contribution in [0.4, 0.5) is 0 Å². The van der Waals surface area contributed by atoms with Gasteiger partial charge in [-0.15, -0.1) is 0 Å². The quantitative estimate of drug-likeness (QED) is 0.910. The lowest BCUT2D eigenvalue weighted by molar-refractivity contribution is 0.0889. The van der Waals surface area contributed by atoms with Crippen LogP contribution in [0.1, 0.15) is 41.7 Å². The van der Waals surface area contributed by atoms with Gasteiger partial charge in [-0.25, -0.2) is 4.98 Å². The van der Waals surface area contributed by atoms with E-state index in [-0.39, 0.29) is 18.1 Å². The van der Waals surface area contributed by atoms with Crippen molar-refractivity contribution >= 4 is 17.5 Å². The van der Waals surface area contributed by atoms with Gasteiger partial charge in [0, 0.05) is 25.4 Å². The number of carbonyl (C=O) groups is 1. The number of benzene rings is 1. The minimum atomic E-state index is -0.135. The van der Waals surface area contributed by atoms with Crippen molar-refractivity contribution in [1.29, 1.82) is 5.26 Å². The zero-order valence-electron chi connectivity index (χ0n) is 13.9. The van der Waals surface area contributed by atoms with Crippen molar-refractivity contribution in [3.63, 3.8) is 0 Å². The van der Waals surface area contributed by atoms with E-state index in [0.717, 1.165) is 25.7 Å². The number of rotatable bonds is 4. The lowest BCUT2D eigenvalue weighted by Gasteiger charge is -2.29. The summed E-state index contributed by atoms with van der Waals surface area (Å²) < 4.78 is 7.71. The van der Waals surface area contributed by atoms with Gasteiger partial charge in [0.25, 0.3) is 5.91 Å². The van der Waals surface area contributed by atoms with Crippen molar-refractivity contribution in [3.8, 4) is 11.8 Å². The number of hydrogen-bond donors (Lipinski definition) is 1. The maximum atomic E-state index is 12.1. The lowest BCUT2D eigenvalue weighted by atomic mass is 9.93. The average Bonchev–Trinajstić information content (AvgIpc) is 3.03. The molecule has 0 aliphatic heterocycles. The number of imidazole rings is 1. The zero-order chi connectivity index (χ0) is 17.8. The Morgan fingerprint density at radius 1 is 1.40 bits per heavy atom. The van der Waals surface area contributed by atoms with E-state index in [2.05, 4.69) is 10.3 Å². The van der Waals surface area contributed by atoms with Crippen molar-refractivity contribution in [2.24, 2.45) is 7.05 Å². The summed E-state index contributed by atoms with van der Waals surface area (Å²) in [7, 11) is 1.84. The van der Waals surface area contributed by atoms with E-state index in [9.17, 15) is 4.79 Å². The van der Waals surface area contributed by atoms with Crippen LogP contribution in [0.15, 0.2) is 30.7 Å². The standard InChI is InChI=1S/C18H19ClN4O2/c1-23-10-17(21-11-23)18(24)22-13-3-6-14(7-4-13)25-15-5-2-12(9-20)16(19)8-15/h2,5,8,10-11,13-14H,3-4,6-7H2,1H3,(H,22,24). The van der Waals surface area contributed by atoms with Gasteiger partial charge in [-0.3, -0.25) is 4.79 Å². The van der Waals surface area contributed by atoms with Crippen LogP contribution in [0.25, 0.3) is 0 Å². The molecule has 0 radical (unpaired) electrons. The molecule has 3 rings (SSSR count). The van der Waals surface area contributed by atoms with E-state index in [1.54, 1.807) is 35.3 Å². The number of amides is 1. The summed E-state index contributed by atoms with van der Waals surface area (Å²) in [5, 5.41) is 12.3. The number of carbonyl (C=O) groups excluding carboxylic acids is 1. The monoisotopic (exact) mass is 358 g/mol. The van der Waals surface area contributed by atoms with Gasteiger partial charge in [0.1, 0.15) is 17.5 Å². The van der Waals surface area contributed by atoms with Gasteiger partial charge in [0.05, 0.1) is 23.0 Å². The number of nitrogens with one attached hydrogen (secondary N) is 1. The fourth-order valence-corrected chi connectivity index (χ4v) is 3.18. The third kappa shape index (κ3) is 4.31. The maximum absolute atomic E-state index is 12.1. The predicted octanol–water partition coefficient (Wildman–Crippen LogP) is 3.07. The van der Waals surface area contributed by atoms with E-state index >= 15 is 0 Å². The smallest absolute Gasteiger partial charge is 0.271 e. The number of ether oxygens (including phenoxy) is 1. The van der Waals surface area contributed by atoms with Gasteiger partial charge in [0.15, 0.2) is 0 Å². The molecule has 1 aliphatic rings. The second kappa shape index (κ2) is 7.58. The molecule has 1 N–H and O–H groups in total. The molecule has 1 heterocycles. The Labute approximate surface area is 151 Å². The number of nitriles is 1. The van der Waals surface area contributed by atoms with Crippen LogP contribution < -0.4 is 10.1 Å². The molecule has 1 aromatic heterocycles. The Morgan fingerprint density at radius 3 is 2.76 bits per heavy atom. The Hall–Kier alpha value is -2.52. The zero-order valence-corrected chi connectivity index (χ0v) is 14.7. The summed E-state index contributed by atoms with van der Waals surface area (Å²) in [6.45, 7) is 0. The largest absolute Gasteiger partial charge is 0.490 e. The second-order valence-electron chi connectivity index (χ2n) is 6.24. The first-order valence-corrected chi connectivity index (χ1v) is 8.58. The molecule has 0 bridgehead atoms. The highest BCUT2D eigenvalue weighted by Crippen LogP contribution is 2.27. The summed E-state index contributed by atoms with van der Waals surface area (Å²) in [6.07, 6.45) is 6.82. The molecule has 0 spiro atoms. The number of halogens is 1. The minimum absolute atomic E-state index is 0.0898. The molecule has 1 amide bonds. The third-order valence-corrected chi connectivity index (χ3v) is 4.62. The van der Waals surface area contributed by atoms with E-state index in [4.69, 9.17) is 21.6 Å². The van der Waals surface area contributed by atoms with Gasteiger partial charge in [-0.1, -0.05) is 11.6 Å². The highest BCUT2D eigenvalue weighted by Gasteiger charge is 2.24. The molecular formula is C18H19ClN4O2. The van der Waals surface area contributed by atoms with E-state index in [1.165, 1.54) is 0 Å². The van der Waals surface area contributed by atoms with Crippen LogP contribution in [0.2, 0.25) is 5.02 Å². The highest BCUT2D eigenvalue weighted by atomic mass is 35.5. The van der Waals surface area contributed by atoms with E-state index in [1.807, 2.05) is 13.1 Å². The molecule has 130 valence electrons. The van der Waals surface area contributed by atoms with Crippen LogP contribution in [-0.2, 0) is 7.05 Å². The van der Waals surface area contributed by atoms with Crippen molar-refractivity contribution in [1.82, 2.24) is 14.9 Å². The molecule has 7 heteroatoms. The van der Waals surface area contributed by atoms with Crippen molar-refractivity contribution in [3.05, 3.63) is 47.0 Å². The molecule has 1 aliphatic carbocycles. The van der Waals surface area contributed by atoms with Gasteiger partial charge in [-0.05, 0) is 37.8 Å². The summed E-state index contributed by atoms with van der Waals surface area (Å²) in [5.41, 5.74) is 0.878. The SMILES string of the molecule is Cn1cnc(C(=O)NC2CCC(Oc3ccc(C#N)c(Cl)c3)CC2)c1. The maximum Gasteiger partial charge on any atom is 0.271 e. The fourth-order valence-electron chi connectivity index (χ4n) is 2.97. The third-order valence-electron chi connectivity index (χ3n) is 4.31. The number of nitrogens with zero attached hydrogens (tertiary/aromatic N) is 3. The first-order valence-electron chi connectivity index (χ1n) is 8.20. The Balaban J connectivity index is 1.49. The van der Waals surface area contributed by atoms with Gasteiger partial charge >= 0.3 is 0 Å². The molecule has 25 heavy (non-hydrogen) atoms. The second-order valence-corrected chi connectivity index (χ2v) is 6.65. The Morgan fingerprint density at radius 2 is 2.16 bits per heavy atom. The average molecular weight is 359 g/mol. The number of aromatic nitrogens is 2. The van der Waals surface area contributed by atoms with Crippen LogP contribution in [-0.4, -0.2) is 27.6 Å². The Kier molecular flexibility index (Phi) is 5.25. The van der Waals surface area contributed by atoms with Crippen LogP contribution in [0.3, 0.4) is 0 Å². The molecule has 0 saturated heterocycles. The summed E-state index contributed by atoms with van der Waals surface area (Å²) >= 11 is 6.03. The molecule has 1 fully saturated rings. The van der Waals surface area contributed by atoms with Crippen molar-refractivity contribution < 1.29 is 9.53 Å². The normalized spacial score (nSPS) is 19.9. The number of aryl methyl sites for hydroxylation is 1. The number of hydrogen-bond acceptors (Lipinski definition) is 4. The van der Waals surface area contributed by atoms with Crippen LogP contribution in [0, 0.1) is 11.3 Å². The molecule has 1 aromatic carbocycles. The highest BCUT2D eigenvalue weighted by molar-refractivity contribution is 6.31. The predicted molar refractivity (Wildman–Crippen MR) is 93.5 cm³/mol. The molecule has 0 atom stereocenters. The van der Waals surface area contributed by atoms with Gasteiger partial charge in [-0.2, -0.15) is 5.26 Å². The van der Waals surface area contributed by atoms with E-state index in [0.29, 0.717) is 22.0 Å². The lowest BCUT2D eigenvalue weighted by Crippen LogP contribution is -2.39. The molecular weight excluding hydrogens is 340 g/mol. The summed E-state index contributed by atoms with van der Waals surface area (Å²) in [4.78, 5) is 16.2. The molecule has 1 saturated carbocycles. The van der Waals surface area contributed by atoms with Crippen molar-refractivity contribution in [2.75, 3.05) is 0 Å². The van der Waals surface area contributed by atoms with Gasteiger partial charge in [0.2, 0.25) is 0 Å².